The molecule has 0 amide bonds. The summed E-state index contributed by atoms with van der Waals surface area (Å²) in [5.41, 5.74) is 2.02. The summed E-state index contributed by atoms with van der Waals surface area (Å²) in [5, 5.41) is 0. The number of aryl methyl sites for hydroxylation is 1. The molecule has 0 fully saturated rings. The van der Waals surface area contributed by atoms with Gasteiger partial charge in [-0.1, -0.05) is 12.1 Å². The van der Waals surface area contributed by atoms with Crippen LogP contribution in [0.1, 0.15) is 11.3 Å². The minimum atomic E-state index is -0.198. The lowest BCUT2D eigenvalue weighted by Crippen LogP contribution is -2.21. The number of nitrogens with zero attached hydrogens (tertiary/aromatic N) is 3. The first-order valence-electron chi connectivity index (χ1n) is 5.89. The van der Waals surface area contributed by atoms with Crippen LogP contribution in [0.5, 0.6) is 0 Å². The molecule has 0 atom stereocenters. The van der Waals surface area contributed by atoms with Crippen molar-refractivity contribution < 1.29 is 4.39 Å². The van der Waals surface area contributed by atoms with Gasteiger partial charge in [0.05, 0.1) is 11.9 Å². The summed E-state index contributed by atoms with van der Waals surface area (Å²) in [5.74, 6) is 0.661. The minimum absolute atomic E-state index is 0.198. The molecule has 0 N–H and O–H groups in total. The first-order valence-corrected chi connectivity index (χ1v) is 5.89. The van der Waals surface area contributed by atoms with Gasteiger partial charge < -0.3 is 4.90 Å². The number of aromatic nitrogens is 2. The van der Waals surface area contributed by atoms with Crippen LogP contribution in [0.2, 0.25) is 0 Å². The molecule has 3 nitrogen and oxygen atoms in total. The van der Waals surface area contributed by atoms with E-state index in [1.165, 1.54) is 12.1 Å². The van der Waals surface area contributed by atoms with E-state index in [1.807, 2.05) is 31.0 Å². The summed E-state index contributed by atoms with van der Waals surface area (Å²) < 4.78 is 12.8. The quantitative estimate of drug-likeness (QED) is 0.829. The van der Waals surface area contributed by atoms with Crippen LogP contribution in [0.4, 0.5) is 10.2 Å². The number of anilines is 1. The maximum Gasteiger partial charge on any atom is 0.147 e. The van der Waals surface area contributed by atoms with Gasteiger partial charge in [-0.05, 0) is 31.0 Å². The Labute approximate surface area is 106 Å². The Balaban J connectivity index is 1.96. The van der Waals surface area contributed by atoms with Gasteiger partial charge in [0.1, 0.15) is 11.6 Å². The number of halogens is 1. The zero-order chi connectivity index (χ0) is 13.0. The lowest BCUT2D eigenvalue weighted by atomic mass is 10.1. The Morgan fingerprint density at radius 3 is 2.56 bits per heavy atom. The SMILES string of the molecule is Cc1cncc(N(C)CCc2ccc(F)cc2)n1. The second-order valence-electron chi connectivity index (χ2n) is 4.32. The highest BCUT2D eigenvalue weighted by molar-refractivity contribution is 5.35. The van der Waals surface area contributed by atoms with Crippen molar-refractivity contribution in [2.45, 2.75) is 13.3 Å². The maximum atomic E-state index is 12.8. The standard InChI is InChI=1S/C14H16FN3/c1-11-9-16-10-14(17-11)18(2)8-7-12-3-5-13(15)6-4-12/h3-6,9-10H,7-8H2,1-2H3. The molecule has 0 spiro atoms. The van der Waals surface area contributed by atoms with Gasteiger partial charge in [-0.2, -0.15) is 0 Å². The first-order chi connectivity index (χ1) is 8.65. The Morgan fingerprint density at radius 2 is 1.89 bits per heavy atom. The Bertz CT molecular complexity index is 511. The van der Waals surface area contributed by atoms with E-state index in [9.17, 15) is 4.39 Å². The summed E-state index contributed by atoms with van der Waals surface area (Å²) in [7, 11) is 1.98. The van der Waals surface area contributed by atoms with Crippen LogP contribution in [0, 0.1) is 12.7 Å². The average molecular weight is 245 g/mol. The smallest absolute Gasteiger partial charge is 0.147 e. The number of hydrogen-bond donors (Lipinski definition) is 0. The molecule has 0 aliphatic carbocycles. The first kappa shape index (κ1) is 12.5. The van der Waals surface area contributed by atoms with Crippen LogP contribution in [0.15, 0.2) is 36.7 Å². The minimum Gasteiger partial charge on any atom is -0.358 e. The van der Waals surface area contributed by atoms with Crippen molar-refractivity contribution in [1.82, 2.24) is 9.97 Å². The molecular formula is C14H16FN3. The fraction of sp³-hybridized carbons (Fsp3) is 0.286. The zero-order valence-electron chi connectivity index (χ0n) is 10.6. The van der Waals surface area contributed by atoms with E-state index in [0.29, 0.717) is 0 Å². The van der Waals surface area contributed by atoms with Crippen molar-refractivity contribution in [1.29, 1.82) is 0 Å². The van der Waals surface area contributed by atoms with Crippen LogP contribution in [0.25, 0.3) is 0 Å². The third kappa shape index (κ3) is 3.26. The molecule has 2 aromatic rings. The van der Waals surface area contributed by atoms with Gasteiger partial charge >= 0.3 is 0 Å². The van der Waals surface area contributed by atoms with Crippen LogP contribution in [0.3, 0.4) is 0 Å². The van der Waals surface area contributed by atoms with Crippen LogP contribution in [-0.2, 0) is 6.42 Å². The normalized spacial score (nSPS) is 10.4. The van der Waals surface area contributed by atoms with Gasteiger partial charge in [0.2, 0.25) is 0 Å². The fourth-order valence-electron chi connectivity index (χ4n) is 1.70. The summed E-state index contributed by atoms with van der Waals surface area (Å²) in [6.07, 6.45) is 4.33. The van der Waals surface area contributed by atoms with Gasteiger partial charge in [0.25, 0.3) is 0 Å². The van der Waals surface area contributed by atoms with Gasteiger partial charge in [-0.15, -0.1) is 0 Å². The predicted octanol–water partition coefficient (Wildman–Crippen LogP) is 2.60. The van der Waals surface area contributed by atoms with Crippen LogP contribution >= 0.6 is 0 Å². The molecule has 4 heteroatoms. The van der Waals surface area contributed by atoms with Crippen molar-refractivity contribution in [2.75, 3.05) is 18.5 Å². The maximum absolute atomic E-state index is 12.8. The highest BCUT2D eigenvalue weighted by Crippen LogP contribution is 2.09. The number of benzene rings is 1. The zero-order valence-corrected chi connectivity index (χ0v) is 10.6. The van der Waals surface area contributed by atoms with Crippen molar-refractivity contribution in [3.8, 4) is 0 Å². The second-order valence-corrected chi connectivity index (χ2v) is 4.32. The molecule has 0 unspecified atom stereocenters. The topological polar surface area (TPSA) is 29.0 Å². The van der Waals surface area contributed by atoms with Crippen molar-refractivity contribution in [3.63, 3.8) is 0 Å². The third-order valence-corrected chi connectivity index (χ3v) is 2.78. The summed E-state index contributed by atoms with van der Waals surface area (Å²) >= 11 is 0. The molecule has 0 saturated carbocycles. The molecule has 1 aromatic carbocycles. The van der Waals surface area contributed by atoms with Crippen molar-refractivity contribution >= 4 is 5.82 Å². The second kappa shape index (κ2) is 5.58. The molecule has 0 saturated heterocycles. The lowest BCUT2D eigenvalue weighted by molar-refractivity contribution is 0.627. The summed E-state index contributed by atoms with van der Waals surface area (Å²) in [6, 6.07) is 6.60. The van der Waals surface area contributed by atoms with Gasteiger partial charge in [-0.25, -0.2) is 9.37 Å². The summed E-state index contributed by atoms with van der Waals surface area (Å²) in [6.45, 7) is 2.74. The van der Waals surface area contributed by atoms with E-state index in [2.05, 4.69) is 9.97 Å². The Morgan fingerprint density at radius 1 is 1.17 bits per heavy atom. The van der Waals surface area contributed by atoms with E-state index in [4.69, 9.17) is 0 Å². The largest absolute Gasteiger partial charge is 0.358 e. The fourth-order valence-corrected chi connectivity index (χ4v) is 1.70. The number of rotatable bonds is 4. The van der Waals surface area contributed by atoms with E-state index >= 15 is 0 Å². The molecular weight excluding hydrogens is 229 g/mol. The molecule has 0 radical (unpaired) electrons. The average Bonchev–Trinajstić information content (AvgIpc) is 2.38. The van der Waals surface area contributed by atoms with Crippen LogP contribution in [-0.4, -0.2) is 23.6 Å². The Hall–Kier alpha value is -1.97. The lowest BCUT2D eigenvalue weighted by Gasteiger charge is -2.17. The van der Waals surface area contributed by atoms with E-state index in [-0.39, 0.29) is 5.82 Å². The highest BCUT2D eigenvalue weighted by Gasteiger charge is 2.03. The molecule has 0 aliphatic heterocycles. The number of hydrogen-bond acceptors (Lipinski definition) is 3. The van der Waals surface area contributed by atoms with Crippen molar-refractivity contribution in [2.24, 2.45) is 0 Å². The van der Waals surface area contributed by atoms with E-state index in [0.717, 1.165) is 30.0 Å². The van der Waals surface area contributed by atoms with E-state index in [1.54, 1.807) is 12.4 Å². The van der Waals surface area contributed by atoms with E-state index < -0.39 is 0 Å². The van der Waals surface area contributed by atoms with Gasteiger partial charge in [0.15, 0.2) is 0 Å². The molecule has 2 rings (SSSR count). The summed E-state index contributed by atoms with van der Waals surface area (Å²) in [4.78, 5) is 10.6. The monoisotopic (exact) mass is 245 g/mol. The number of likely N-dealkylation sites (N-methyl/N-ethyl adjacent to an activating group) is 1. The molecule has 1 heterocycles. The predicted molar refractivity (Wildman–Crippen MR) is 70.1 cm³/mol. The highest BCUT2D eigenvalue weighted by atomic mass is 19.1. The molecule has 18 heavy (non-hydrogen) atoms. The van der Waals surface area contributed by atoms with Crippen LogP contribution < -0.4 is 4.90 Å². The Kier molecular flexibility index (Phi) is 3.87. The third-order valence-electron chi connectivity index (χ3n) is 2.78. The molecule has 0 aliphatic rings. The molecule has 1 aromatic heterocycles. The molecule has 94 valence electrons. The van der Waals surface area contributed by atoms with Gasteiger partial charge in [0, 0.05) is 19.8 Å². The molecule has 0 bridgehead atoms. The van der Waals surface area contributed by atoms with Crippen molar-refractivity contribution in [3.05, 3.63) is 53.7 Å². The van der Waals surface area contributed by atoms with Gasteiger partial charge in [-0.3, -0.25) is 4.98 Å².